The maximum absolute atomic E-state index is 12.0. The first-order valence-corrected chi connectivity index (χ1v) is 8.60. The van der Waals surface area contributed by atoms with E-state index in [1.807, 2.05) is 6.07 Å². The highest BCUT2D eigenvalue weighted by Crippen LogP contribution is 2.29. The number of methoxy groups -OCH3 is 2. The van der Waals surface area contributed by atoms with Gasteiger partial charge in [0, 0.05) is 30.8 Å². The van der Waals surface area contributed by atoms with Crippen LogP contribution in [0.3, 0.4) is 0 Å². The third-order valence-corrected chi connectivity index (χ3v) is 4.51. The molecular formula is C17H20N2O5S. The number of hydrogen-bond acceptors (Lipinski definition) is 6. The Morgan fingerprint density at radius 2 is 2.08 bits per heavy atom. The molecule has 0 atom stereocenters. The number of carbonyl (C=O) groups is 3. The van der Waals surface area contributed by atoms with E-state index in [-0.39, 0.29) is 35.9 Å². The number of benzene rings is 1. The van der Waals surface area contributed by atoms with Crippen molar-refractivity contribution in [1.29, 1.82) is 0 Å². The molecule has 1 aliphatic rings. The molecule has 1 fully saturated rings. The van der Waals surface area contributed by atoms with Crippen LogP contribution in [0.4, 0.5) is 4.79 Å². The number of hydrogen-bond donors (Lipinski definition) is 1. The zero-order valence-corrected chi connectivity index (χ0v) is 15.1. The predicted octanol–water partition coefficient (Wildman–Crippen LogP) is 1.92. The van der Waals surface area contributed by atoms with Crippen molar-refractivity contribution < 1.29 is 23.9 Å². The van der Waals surface area contributed by atoms with Crippen LogP contribution >= 0.6 is 11.8 Å². The second-order valence-electron chi connectivity index (χ2n) is 5.28. The fraction of sp³-hybridized carbons (Fsp3) is 0.353. The molecule has 7 nitrogen and oxygen atoms in total. The van der Waals surface area contributed by atoms with Crippen molar-refractivity contribution in [1.82, 2.24) is 10.2 Å². The average Bonchev–Trinajstić information content (AvgIpc) is 2.92. The lowest BCUT2D eigenvalue weighted by Crippen LogP contribution is -2.37. The van der Waals surface area contributed by atoms with Crippen LogP contribution in [0.25, 0.3) is 5.57 Å². The number of nitrogens with one attached hydrogen (secondary N) is 1. The first kappa shape index (κ1) is 18.9. The molecule has 2 rings (SSSR count). The van der Waals surface area contributed by atoms with Gasteiger partial charge in [-0.05, 0) is 24.6 Å². The van der Waals surface area contributed by atoms with Gasteiger partial charge < -0.3 is 14.8 Å². The molecule has 1 aliphatic heterocycles. The van der Waals surface area contributed by atoms with Gasteiger partial charge in [-0.2, -0.15) is 0 Å². The highest BCUT2D eigenvalue weighted by atomic mass is 32.2. The largest absolute Gasteiger partial charge is 0.497 e. The number of allylic oxidation sites excluding steroid dienone is 1. The molecule has 0 saturated carbocycles. The smallest absolute Gasteiger partial charge is 0.288 e. The molecule has 0 spiro atoms. The molecule has 134 valence electrons. The Bertz CT molecular complexity index is 701. The van der Waals surface area contributed by atoms with Crippen LogP contribution in [0.2, 0.25) is 0 Å². The maximum Gasteiger partial charge on any atom is 0.288 e. The van der Waals surface area contributed by atoms with E-state index in [1.165, 1.54) is 6.08 Å². The SMILES string of the molecule is COc1ccc(/C(C)=C/C(=O)NCCN2C(=O)CSC2=O)c(OC)c1. The number of thioether (sulfide) groups is 1. The van der Waals surface area contributed by atoms with E-state index < -0.39 is 0 Å². The van der Waals surface area contributed by atoms with Gasteiger partial charge in [0.2, 0.25) is 11.8 Å². The Hall–Kier alpha value is -2.48. The van der Waals surface area contributed by atoms with Gasteiger partial charge in [-0.3, -0.25) is 19.3 Å². The zero-order chi connectivity index (χ0) is 18.4. The van der Waals surface area contributed by atoms with E-state index in [4.69, 9.17) is 9.47 Å². The van der Waals surface area contributed by atoms with Gasteiger partial charge in [0.1, 0.15) is 11.5 Å². The summed E-state index contributed by atoms with van der Waals surface area (Å²) in [5, 5.41) is 2.41. The molecule has 3 amide bonds. The van der Waals surface area contributed by atoms with Gasteiger partial charge in [-0.15, -0.1) is 0 Å². The Morgan fingerprint density at radius 1 is 1.32 bits per heavy atom. The van der Waals surface area contributed by atoms with Crippen molar-refractivity contribution in [3.63, 3.8) is 0 Å². The Balaban J connectivity index is 1.96. The summed E-state index contributed by atoms with van der Waals surface area (Å²) in [4.78, 5) is 36.1. The lowest BCUT2D eigenvalue weighted by molar-refractivity contribution is -0.125. The van der Waals surface area contributed by atoms with E-state index in [1.54, 1.807) is 33.3 Å². The van der Waals surface area contributed by atoms with Crippen LogP contribution in [0, 0.1) is 0 Å². The Labute approximate surface area is 150 Å². The summed E-state index contributed by atoms with van der Waals surface area (Å²) in [5.74, 6) is 0.909. The van der Waals surface area contributed by atoms with Gasteiger partial charge in [0.15, 0.2) is 0 Å². The number of nitrogens with zero attached hydrogens (tertiary/aromatic N) is 1. The molecule has 0 unspecified atom stereocenters. The quantitative estimate of drug-likeness (QED) is 0.744. The molecule has 8 heteroatoms. The molecule has 1 aromatic carbocycles. The van der Waals surface area contributed by atoms with Crippen molar-refractivity contribution in [3.8, 4) is 11.5 Å². The van der Waals surface area contributed by atoms with E-state index in [0.29, 0.717) is 11.5 Å². The second-order valence-corrected chi connectivity index (χ2v) is 6.21. The number of ether oxygens (including phenoxy) is 2. The third kappa shape index (κ3) is 4.76. The molecule has 1 heterocycles. The highest BCUT2D eigenvalue weighted by molar-refractivity contribution is 8.14. The first-order valence-electron chi connectivity index (χ1n) is 7.62. The number of carbonyl (C=O) groups excluding carboxylic acids is 3. The van der Waals surface area contributed by atoms with E-state index in [0.717, 1.165) is 27.8 Å². The topological polar surface area (TPSA) is 84.9 Å². The van der Waals surface area contributed by atoms with Crippen LogP contribution in [0.15, 0.2) is 24.3 Å². The Morgan fingerprint density at radius 3 is 2.68 bits per heavy atom. The predicted molar refractivity (Wildman–Crippen MR) is 95.8 cm³/mol. The minimum absolute atomic E-state index is 0.170. The summed E-state index contributed by atoms with van der Waals surface area (Å²) in [5.41, 5.74) is 1.50. The molecule has 1 N–H and O–H groups in total. The zero-order valence-electron chi connectivity index (χ0n) is 14.3. The summed E-state index contributed by atoms with van der Waals surface area (Å²) in [6.45, 7) is 2.18. The van der Waals surface area contributed by atoms with Crippen LogP contribution in [0.5, 0.6) is 11.5 Å². The van der Waals surface area contributed by atoms with Crippen molar-refractivity contribution in [2.24, 2.45) is 0 Å². The summed E-state index contributed by atoms with van der Waals surface area (Å²) >= 11 is 0.976. The lowest BCUT2D eigenvalue weighted by Gasteiger charge is -2.13. The molecule has 0 radical (unpaired) electrons. The van der Waals surface area contributed by atoms with Gasteiger partial charge in [-0.1, -0.05) is 11.8 Å². The van der Waals surface area contributed by atoms with Crippen LogP contribution in [0.1, 0.15) is 12.5 Å². The van der Waals surface area contributed by atoms with Gasteiger partial charge in [0.25, 0.3) is 5.24 Å². The van der Waals surface area contributed by atoms with Crippen LogP contribution in [-0.4, -0.2) is 55.0 Å². The molecule has 1 aromatic rings. The van der Waals surface area contributed by atoms with Crippen molar-refractivity contribution in [2.75, 3.05) is 33.1 Å². The third-order valence-electron chi connectivity index (χ3n) is 3.66. The number of rotatable bonds is 7. The van der Waals surface area contributed by atoms with E-state index in [2.05, 4.69) is 5.32 Å². The van der Waals surface area contributed by atoms with Crippen molar-refractivity contribution in [3.05, 3.63) is 29.8 Å². The summed E-state index contributed by atoms with van der Waals surface area (Å²) in [7, 11) is 3.12. The highest BCUT2D eigenvalue weighted by Gasteiger charge is 2.29. The monoisotopic (exact) mass is 364 g/mol. The molecule has 1 saturated heterocycles. The van der Waals surface area contributed by atoms with Gasteiger partial charge in [-0.25, -0.2) is 0 Å². The van der Waals surface area contributed by atoms with Crippen molar-refractivity contribution in [2.45, 2.75) is 6.92 Å². The maximum atomic E-state index is 12.0. The molecular weight excluding hydrogens is 344 g/mol. The van der Waals surface area contributed by atoms with E-state index in [9.17, 15) is 14.4 Å². The molecule has 25 heavy (non-hydrogen) atoms. The summed E-state index contributed by atoms with van der Waals surface area (Å²) < 4.78 is 10.5. The van der Waals surface area contributed by atoms with E-state index >= 15 is 0 Å². The van der Waals surface area contributed by atoms with Crippen LogP contribution in [-0.2, 0) is 9.59 Å². The fourth-order valence-corrected chi connectivity index (χ4v) is 3.09. The molecule has 0 aliphatic carbocycles. The minimum atomic E-state index is -0.304. The number of amides is 3. The van der Waals surface area contributed by atoms with Crippen molar-refractivity contribution >= 4 is 34.4 Å². The fourth-order valence-electron chi connectivity index (χ4n) is 2.34. The average molecular weight is 364 g/mol. The van der Waals surface area contributed by atoms with Gasteiger partial charge >= 0.3 is 0 Å². The van der Waals surface area contributed by atoms with Crippen LogP contribution < -0.4 is 14.8 Å². The Kier molecular flexibility index (Phi) is 6.46. The molecule has 0 aromatic heterocycles. The normalized spacial score (nSPS) is 14.7. The summed E-state index contributed by atoms with van der Waals surface area (Å²) in [6, 6.07) is 5.35. The summed E-state index contributed by atoms with van der Waals surface area (Å²) in [6.07, 6.45) is 1.45. The first-order chi connectivity index (χ1) is 12.0. The lowest BCUT2D eigenvalue weighted by atomic mass is 10.1. The minimum Gasteiger partial charge on any atom is -0.497 e. The second kappa shape index (κ2) is 8.57. The number of imide groups is 1. The molecule has 0 bridgehead atoms. The standard InChI is InChI=1S/C17H20N2O5S/c1-11(13-5-4-12(23-2)9-14(13)24-3)8-15(20)18-6-7-19-16(21)10-25-17(19)22/h4-5,8-9H,6-7,10H2,1-3H3,(H,18,20)/b11-8+. The van der Waals surface area contributed by atoms with Gasteiger partial charge in [0.05, 0.1) is 20.0 Å².